The Balaban J connectivity index is 0.00000484. The smallest absolute Gasteiger partial charge is 0.220 e. The van der Waals surface area contributed by atoms with Gasteiger partial charge in [-0.25, -0.2) is 0 Å². The van der Waals surface area contributed by atoms with E-state index < -0.39 is 0 Å². The van der Waals surface area contributed by atoms with Gasteiger partial charge in [-0.1, -0.05) is 6.92 Å². The normalized spacial score (nSPS) is 9.74. The molecule has 0 aliphatic rings. The van der Waals surface area contributed by atoms with Gasteiger partial charge in [-0.05, 0) is 30.7 Å². The maximum absolute atomic E-state index is 11.8. The molecule has 0 spiro atoms. The fourth-order valence-electron chi connectivity index (χ4n) is 2.09. The van der Waals surface area contributed by atoms with Gasteiger partial charge in [-0.2, -0.15) is 0 Å². The molecular formula is C16H27ClN2O4. The minimum atomic E-state index is 0. The molecule has 0 radical (unpaired) electrons. The van der Waals surface area contributed by atoms with Crippen LogP contribution in [0.15, 0.2) is 12.1 Å². The molecule has 23 heavy (non-hydrogen) atoms. The summed E-state index contributed by atoms with van der Waals surface area (Å²) in [5.74, 6) is 1.80. The number of likely N-dealkylation sites (N-methyl/N-ethyl adjacent to an activating group) is 1. The molecule has 132 valence electrons. The number of aryl methyl sites for hydroxylation is 1. The standard InChI is InChI=1S/C16H26N2O4.ClH/c1-5-17-8-9-18-15(19)7-6-12-10-13(20-2)16(22-4)14(11-12)21-3;/h10-11,17H,5-9H2,1-4H3,(H,18,19);1H. The van der Waals surface area contributed by atoms with E-state index in [1.807, 2.05) is 19.1 Å². The van der Waals surface area contributed by atoms with Crippen molar-refractivity contribution in [1.29, 1.82) is 0 Å². The molecule has 0 saturated carbocycles. The highest BCUT2D eigenvalue weighted by Crippen LogP contribution is 2.38. The molecule has 0 heterocycles. The zero-order valence-corrected chi connectivity index (χ0v) is 15.0. The minimum Gasteiger partial charge on any atom is -0.493 e. The van der Waals surface area contributed by atoms with E-state index in [-0.39, 0.29) is 18.3 Å². The zero-order valence-electron chi connectivity index (χ0n) is 14.2. The lowest BCUT2D eigenvalue weighted by molar-refractivity contribution is -0.121. The number of nitrogens with one attached hydrogen (secondary N) is 2. The van der Waals surface area contributed by atoms with Crippen molar-refractivity contribution in [2.75, 3.05) is 41.0 Å². The summed E-state index contributed by atoms with van der Waals surface area (Å²) < 4.78 is 15.9. The van der Waals surface area contributed by atoms with Gasteiger partial charge in [0.05, 0.1) is 21.3 Å². The van der Waals surface area contributed by atoms with Crippen LogP contribution >= 0.6 is 12.4 Å². The number of benzene rings is 1. The number of methoxy groups -OCH3 is 3. The molecule has 0 saturated heterocycles. The van der Waals surface area contributed by atoms with Crippen LogP contribution in [0.3, 0.4) is 0 Å². The van der Waals surface area contributed by atoms with Crippen LogP contribution in [0, 0.1) is 0 Å². The summed E-state index contributed by atoms with van der Waals surface area (Å²) in [6.07, 6.45) is 1.04. The highest BCUT2D eigenvalue weighted by Gasteiger charge is 2.13. The van der Waals surface area contributed by atoms with Gasteiger partial charge in [-0.3, -0.25) is 4.79 Å². The number of amides is 1. The van der Waals surface area contributed by atoms with Gasteiger partial charge in [0.1, 0.15) is 0 Å². The second-order valence-electron chi connectivity index (χ2n) is 4.74. The van der Waals surface area contributed by atoms with E-state index in [1.54, 1.807) is 21.3 Å². The Morgan fingerprint density at radius 3 is 2.13 bits per heavy atom. The molecule has 2 N–H and O–H groups in total. The first-order valence-corrected chi connectivity index (χ1v) is 7.42. The number of carbonyl (C=O) groups excluding carboxylic acids is 1. The Bertz CT molecular complexity index is 458. The van der Waals surface area contributed by atoms with Crippen molar-refractivity contribution in [1.82, 2.24) is 10.6 Å². The third-order valence-corrected chi connectivity index (χ3v) is 3.24. The third-order valence-electron chi connectivity index (χ3n) is 3.24. The third kappa shape index (κ3) is 6.97. The molecular weight excluding hydrogens is 320 g/mol. The fourth-order valence-corrected chi connectivity index (χ4v) is 2.09. The topological polar surface area (TPSA) is 68.8 Å². The Kier molecular flexibility index (Phi) is 11.0. The molecule has 0 unspecified atom stereocenters. The van der Waals surface area contributed by atoms with E-state index in [2.05, 4.69) is 10.6 Å². The molecule has 1 aromatic rings. The maximum Gasteiger partial charge on any atom is 0.220 e. The van der Waals surface area contributed by atoms with Crippen LogP contribution in [0.5, 0.6) is 17.2 Å². The molecule has 0 aliphatic heterocycles. The average Bonchev–Trinajstić information content (AvgIpc) is 2.55. The van der Waals surface area contributed by atoms with Crippen molar-refractivity contribution in [2.45, 2.75) is 19.8 Å². The Hall–Kier alpha value is -1.66. The first-order chi connectivity index (χ1) is 10.7. The van der Waals surface area contributed by atoms with Gasteiger partial charge < -0.3 is 24.8 Å². The van der Waals surface area contributed by atoms with Gasteiger partial charge in [0.15, 0.2) is 11.5 Å². The molecule has 0 aliphatic carbocycles. The summed E-state index contributed by atoms with van der Waals surface area (Å²) in [6.45, 7) is 4.36. The van der Waals surface area contributed by atoms with Gasteiger partial charge in [0.25, 0.3) is 0 Å². The SMILES string of the molecule is CCNCCNC(=O)CCc1cc(OC)c(OC)c(OC)c1.Cl. The molecule has 6 nitrogen and oxygen atoms in total. The van der Waals surface area contributed by atoms with Crippen molar-refractivity contribution in [3.05, 3.63) is 17.7 Å². The van der Waals surface area contributed by atoms with Crippen molar-refractivity contribution in [2.24, 2.45) is 0 Å². The molecule has 0 bridgehead atoms. The van der Waals surface area contributed by atoms with Crippen LogP contribution in [0.2, 0.25) is 0 Å². The van der Waals surface area contributed by atoms with Crippen LogP contribution in [0.1, 0.15) is 18.9 Å². The van der Waals surface area contributed by atoms with Crippen LogP contribution in [-0.2, 0) is 11.2 Å². The molecule has 1 aromatic carbocycles. The van der Waals surface area contributed by atoms with E-state index in [0.29, 0.717) is 36.6 Å². The van der Waals surface area contributed by atoms with Gasteiger partial charge >= 0.3 is 0 Å². The van der Waals surface area contributed by atoms with Crippen molar-refractivity contribution in [3.63, 3.8) is 0 Å². The first kappa shape index (κ1) is 21.3. The minimum absolute atomic E-state index is 0. The number of hydrogen-bond acceptors (Lipinski definition) is 5. The lowest BCUT2D eigenvalue weighted by atomic mass is 10.1. The van der Waals surface area contributed by atoms with E-state index in [9.17, 15) is 4.79 Å². The Morgan fingerprint density at radius 1 is 1.04 bits per heavy atom. The summed E-state index contributed by atoms with van der Waals surface area (Å²) in [4.78, 5) is 11.8. The van der Waals surface area contributed by atoms with Crippen LogP contribution < -0.4 is 24.8 Å². The van der Waals surface area contributed by atoms with E-state index in [0.717, 1.165) is 18.7 Å². The van der Waals surface area contributed by atoms with Crippen LogP contribution in [-0.4, -0.2) is 46.9 Å². The van der Waals surface area contributed by atoms with Crippen molar-refractivity contribution >= 4 is 18.3 Å². The highest BCUT2D eigenvalue weighted by molar-refractivity contribution is 5.85. The maximum atomic E-state index is 11.8. The summed E-state index contributed by atoms with van der Waals surface area (Å²) in [6, 6.07) is 3.74. The summed E-state index contributed by atoms with van der Waals surface area (Å²) in [5, 5.41) is 6.04. The zero-order chi connectivity index (χ0) is 16.4. The van der Waals surface area contributed by atoms with Gasteiger partial charge in [0.2, 0.25) is 11.7 Å². The number of halogens is 1. The largest absolute Gasteiger partial charge is 0.493 e. The lowest BCUT2D eigenvalue weighted by Crippen LogP contribution is -2.31. The van der Waals surface area contributed by atoms with Gasteiger partial charge in [0, 0.05) is 19.5 Å². The quantitative estimate of drug-likeness (QED) is 0.632. The number of rotatable bonds is 10. The molecule has 1 amide bonds. The predicted molar refractivity (Wildman–Crippen MR) is 93.2 cm³/mol. The Morgan fingerprint density at radius 2 is 1.65 bits per heavy atom. The fraction of sp³-hybridized carbons (Fsp3) is 0.562. The Labute approximate surface area is 144 Å². The summed E-state index contributed by atoms with van der Waals surface area (Å²) in [5.41, 5.74) is 0.969. The highest BCUT2D eigenvalue weighted by atomic mass is 35.5. The van der Waals surface area contributed by atoms with Crippen molar-refractivity contribution < 1.29 is 19.0 Å². The van der Waals surface area contributed by atoms with Gasteiger partial charge in [-0.15, -0.1) is 12.4 Å². The average molecular weight is 347 g/mol. The number of ether oxygens (including phenoxy) is 3. The molecule has 7 heteroatoms. The second-order valence-corrected chi connectivity index (χ2v) is 4.74. The predicted octanol–water partition coefficient (Wildman–Crippen LogP) is 1.79. The lowest BCUT2D eigenvalue weighted by Gasteiger charge is -2.14. The molecule has 0 fully saturated rings. The number of carbonyl (C=O) groups is 1. The monoisotopic (exact) mass is 346 g/mol. The second kappa shape index (κ2) is 11.8. The van der Waals surface area contributed by atoms with Crippen LogP contribution in [0.4, 0.5) is 0 Å². The van der Waals surface area contributed by atoms with Crippen LogP contribution in [0.25, 0.3) is 0 Å². The van der Waals surface area contributed by atoms with E-state index >= 15 is 0 Å². The summed E-state index contributed by atoms with van der Waals surface area (Å²) >= 11 is 0. The van der Waals surface area contributed by atoms with Crippen molar-refractivity contribution in [3.8, 4) is 17.2 Å². The molecule has 0 aromatic heterocycles. The molecule has 1 rings (SSSR count). The molecule has 0 atom stereocenters. The van der Waals surface area contributed by atoms with E-state index in [1.165, 1.54) is 0 Å². The summed E-state index contributed by atoms with van der Waals surface area (Å²) in [7, 11) is 4.72. The van der Waals surface area contributed by atoms with E-state index in [4.69, 9.17) is 14.2 Å². The first-order valence-electron chi connectivity index (χ1n) is 7.42. The number of hydrogen-bond donors (Lipinski definition) is 2.